The van der Waals surface area contributed by atoms with Crippen LogP contribution in [0.3, 0.4) is 0 Å². The molecule has 0 fully saturated rings. The summed E-state index contributed by atoms with van der Waals surface area (Å²) in [5, 5.41) is 3.29. The summed E-state index contributed by atoms with van der Waals surface area (Å²) in [4.78, 5) is 25.9. The molecule has 19 heavy (non-hydrogen) atoms. The van der Waals surface area contributed by atoms with Crippen molar-refractivity contribution >= 4 is 23.2 Å². The lowest BCUT2D eigenvalue weighted by Gasteiger charge is -2.07. The highest BCUT2D eigenvalue weighted by Gasteiger charge is 2.08. The second-order valence-corrected chi connectivity index (χ2v) is 4.74. The van der Waals surface area contributed by atoms with E-state index in [0.29, 0.717) is 22.0 Å². The molecule has 2 rings (SSSR count). The largest absolute Gasteiger partial charge is 0.326 e. The molecule has 0 unspecified atom stereocenters. The van der Waals surface area contributed by atoms with Crippen LogP contribution in [0.1, 0.15) is 21.6 Å². The predicted octanol–water partition coefficient (Wildman–Crippen LogP) is 2.90. The number of pyridine rings is 1. The average Bonchev–Trinajstić information content (AvgIpc) is 2.32. The zero-order chi connectivity index (χ0) is 14.0. The Balaban J connectivity index is 2.25. The average molecular weight is 277 g/mol. The van der Waals surface area contributed by atoms with Gasteiger partial charge < -0.3 is 10.3 Å². The monoisotopic (exact) mass is 276 g/mol. The van der Waals surface area contributed by atoms with E-state index in [1.54, 1.807) is 25.1 Å². The molecule has 98 valence electrons. The Hall–Kier alpha value is -2.07. The predicted molar refractivity (Wildman–Crippen MR) is 75.9 cm³/mol. The molecule has 0 aliphatic rings. The van der Waals surface area contributed by atoms with Gasteiger partial charge in [0.1, 0.15) is 0 Å². The van der Waals surface area contributed by atoms with Gasteiger partial charge in [-0.3, -0.25) is 9.59 Å². The van der Waals surface area contributed by atoms with Gasteiger partial charge in [0.2, 0.25) is 5.56 Å². The maximum atomic E-state index is 12.0. The molecule has 5 heteroatoms. The van der Waals surface area contributed by atoms with E-state index in [-0.39, 0.29) is 11.5 Å². The second kappa shape index (κ2) is 5.28. The molecule has 0 aliphatic carbocycles. The quantitative estimate of drug-likeness (QED) is 0.886. The van der Waals surface area contributed by atoms with E-state index in [1.165, 1.54) is 6.07 Å². The van der Waals surface area contributed by atoms with Crippen LogP contribution in [0.2, 0.25) is 5.02 Å². The Morgan fingerprint density at radius 1 is 1.21 bits per heavy atom. The number of hydrogen-bond acceptors (Lipinski definition) is 2. The molecule has 0 radical (unpaired) electrons. The van der Waals surface area contributed by atoms with Gasteiger partial charge in [0.15, 0.2) is 0 Å². The number of carbonyl (C=O) groups excluding carboxylic acids is 1. The van der Waals surface area contributed by atoms with Crippen LogP contribution < -0.4 is 10.9 Å². The molecule has 0 spiro atoms. The van der Waals surface area contributed by atoms with Gasteiger partial charge in [0, 0.05) is 28.0 Å². The maximum Gasteiger partial charge on any atom is 0.255 e. The smallest absolute Gasteiger partial charge is 0.255 e. The summed E-state index contributed by atoms with van der Waals surface area (Å²) in [6, 6.07) is 8.14. The standard InChI is InChI=1S/C14H13ClN2O2/c1-8-3-4-11(7-12(8)15)17-14(19)10-5-9(2)16-13(18)6-10/h3-7H,1-2H3,(H,16,18)(H,17,19). The molecular weight excluding hydrogens is 264 g/mol. The summed E-state index contributed by atoms with van der Waals surface area (Å²) >= 11 is 5.99. The van der Waals surface area contributed by atoms with Gasteiger partial charge in [-0.2, -0.15) is 0 Å². The van der Waals surface area contributed by atoms with E-state index in [2.05, 4.69) is 10.3 Å². The molecule has 0 saturated carbocycles. The molecule has 2 aromatic rings. The van der Waals surface area contributed by atoms with Crippen LogP contribution in [0, 0.1) is 13.8 Å². The molecule has 2 N–H and O–H groups in total. The van der Waals surface area contributed by atoms with Gasteiger partial charge in [0.25, 0.3) is 5.91 Å². The Kier molecular flexibility index (Phi) is 3.71. The van der Waals surface area contributed by atoms with Gasteiger partial charge >= 0.3 is 0 Å². The number of rotatable bonds is 2. The van der Waals surface area contributed by atoms with Gasteiger partial charge in [-0.25, -0.2) is 0 Å². The van der Waals surface area contributed by atoms with E-state index in [9.17, 15) is 9.59 Å². The summed E-state index contributed by atoms with van der Waals surface area (Å²) in [7, 11) is 0. The van der Waals surface area contributed by atoms with Crippen LogP contribution in [0.25, 0.3) is 0 Å². The van der Waals surface area contributed by atoms with Crippen molar-refractivity contribution in [2.75, 3.05) is 5.32 Å². The van der Waals surface area contributed by atoms with Gasteiger partial charge in [-0.05, 0) is 37.6 Å². The second-order valence-electron chi connectivity index (χ2n) is 4.33. The zero-order valence-corrected chi connectivity index (χ0v) is 11.3. The Bertz CT molecular complexity index is 692. The lowest BCUT2D eigenvalue weighted by atomic mass is 10.2. The lowest BCUT2D eigenvalue weighted by Crippen LogP contribution is -2.16. The minimum atomic E-state index is -0.339. The minimum Gasteiger partial charge on any atom is -0.326 e. The summed E-state index contributed by atoms with van der Waals surface area (Å²) < 4.78 is 0. The van der Waals surface area contributed by atoms with Crippen LogP contribution >= 0.6 is 11.6 Å². The van der Waals surface area contributed by atoms with Crippen molar-refractivity contribution in [2.45, 2.75) is 13.8 Å². The molecule has 0 aliphatic heterocycles. The van der Waals surface area contributed by atoms with Crippen molar-refractivity contribution in [2.24, 2.45) is 0 Å². The fourth-order valence-corrected chi connectivity index (χ4v) is 1.87. The van der Waals surface area contributed by atoms with Crippen LogP contribution in [-0.4, -0.2) is 10.9 Å². The number of H-pyrrole nitrogens is 1. The Labute approximate surface area is 115 Å². The third kappa shape index (κ3) is 3.23. The minimum absolute atomic E-state index is 0.299. The number of amides is 1. The number of aryl methyl sites for hydroxylation is 2. The molecule has 0 atom stereocenters. The number of halogens is 1. The molecule has 1 amide bonds. The van der Waals surface area contributed by atoms with Gasteiger partial charge in [0.05, 0.1) is 0 Å². The van der Waals surface area contributed by atoms with E-state index in [1.807, 2.05) is 13.0 Å². The summed E-state index contributed by atoms with van der Waals surface area (Å²) in [5.41, 5.74) is 2.19. The van der Waals surface area contributed by atoms with E-state index >= 15 is 0 Å². The van der Waals surface area contributed by atoms with E-state index < -0.39 is 0 Å². The fraction of sp³-hybridized carbons (Fsp3) is 0.143. The van der Waals surface area contributed by atoms with Gasteiger partial charge in [-0.1, -0.05) is 17.7 Å². The van der Waals surface area contributed by atoms with E-state index in [4.69, 9.17) is 11.6 Å². The Morgan fingerprint density at radius 2 is 1.95 bits per heavy atom. The molecule has 4 nitrogen and oxygen atoms in total. The first-order chi connectivity index (χ1) is 8.95. The zero-order valence-electron chi connectivity index (χ0n) is 10.6. The number of benzene rings is 1. The molecule has 0 saturated heterocycles. The highest BCUT2D eigenvalue weighted by Crippen LogP contribution is 2.20. The van der Waals surface area contributed by atoms with Crippen molar-refractivity contribution in [3.05, 3.63) is 62.5 Å². The highest BCUT2D eigenvalue weighted by atomic mass is 35.5. The molecule has 1 aromatic heterocycles. The number of aromatic nitrogens is 1. The van der Waals surface area contributed by atoms with Crippen LogP contribution in [0.4, 0.5) is 5.69 Å². The van der Waals surface area contributed by atoms with Crippen molar-refractivity contribution < 1.29 is 4.79 Å². The normalized spacial score (nSPS) is 10.3. The van der Waals surface area contributed by atoms with Crippen LogP contribution in [0.5, 0.6) is 0 Å². The third-order valence-electron chi connectivity index (χ3n) is 2.67. The van der Waals surface area contributed by atoms with Crippen molar-refractivity contribution in [3.63, 3.8) is 0 Å². The van der Waals surface area contributed by atoms with Crippen LogP contribution in [0.15, 0.2) is 35.1 Å². The fourth-order valence-electron chi connectivity index (χ4n) is 1.69. The summed E-state index contributed by atoms with van der Waals surface area (Å²) in [6.45, 7) is 3.61. The first kappa shape index (κ1) is 13.4. The van der Waals surface area contributed by atoms with Crippen molar-refractivity contribution in [1.82, 2.24) is 4.98 Å². The van der Waals surface area contributed by atoms with E-state index in [0.717, 1.165) is 5.56 Å². The van der Waals surface area contributed by atoms with Crippen LogP contribution in [-0.2, 0) is 0 Å². The molecule has 0 bridgehead atoms. The number of carbonyl (C=O) groups is 1. The topological polar surface area (TPSA) is 62.0 Å². The summed E-state index contributed by atoms with van der Waals surface area (Å²) in [5.74, 6) is -0.339. The van der Waals surface area contributed by atoms with Crippen molar-refractivity contribution in [3.8, 4) is 0 Å². The lowest BCUT2D eigenvalue weighted by molar-refractivity contribution is 0.102. The van der Waals surface area contributed by atoms with Gasteiger partial charge in [-0.15, -0.1) is 0 Å². The molecular formula is C14H13ClN2O2. The summed E-state index contributed by atoms with van der Waals surface area (Å²) in [6.07, 6.45) is 0. The maximum absolute atomic E-state index is 12.0. The highest BCUT2D eigenvalue weighted by molar-refractivity contribution is 6.31. The first-order valence-electron chi connectivity index (χ1n) is 5.74. The Morgan fingerprint density at radius 3 is 2.58 bits per heavy atom. The number of aromatic amines is 1. The first-order valence-corrected chi connectivity index (χ1v) is 6.12. The number of nitrogens with one attached hydrogen (secondary N) is 2. The SMILES string of the molecule is Cc1cc(C(=O)Nc2ccc(C)c(Cl)c2)cc(=O)[nH]1. The molecule has 1 aromatic carbocycles. The number of hydrogen-bond donors (Lipinski definition) is 2. The number of anilines is 1. The molecule has 1 heterocycles. The van der Waals surface area contributed by atoms with Crippen molar-refractivity contribution in [1.29, 1.82) is 0 Å². The third-order valence-corrected chi connectivity index (χ3v) is 3.08.